The van der Waals surface area contributed by atoms with Gasteiger partial charge in [-0.2, -0.15) is 0 Å². The molecule has 0 radical (unpaired) electrons. The van der Waals surface area contributed by atoms with E-state index >= 15 is 0 Å². The summed E-state index contributed by atoms with van der Waals surface area (Å²) in [6, 6.07) is 17.8. The van der Waals surface area contributed by atoms with Crippen LogP contribution < -0.4 is 26.3 Å². The zero-order valence-electron chi connectivity index (χ0n) is 25.4. The predicted molar refractivity (Wildman–Crippen MR) is 172 cm³/mol. The third kappa shape index (κ3) is 10.6. The minimum absolute atomic E-state index is 0.0711. The lowest BCUT2D eigenvalue weighted by Crippen LogP contribution is -2.14. The van der Waals surface area contributed by atoms with E-state index in [9.17, 15) is 9.90 Å². The number of hydrogen-bond acceptors (Lipinski definition) is 10. The van der Waals surface area contributed by atoms with Crippen molar-refractivity contribution in [3.05, 3.63) is 76.9 Å². The fourth-order valence-electron chi connectivity index (χ4n) is 4.64. The molecule has 1 unspecified atom stereocenters. The molecular formula is C32H44N4O6S. The van der Waals surface area contributed by atoms with Gasteiger partial charge in [0, 0.05) is 31.0 Å². The van der Waals surface area contributed by atoms with Gasteiger partial charge in [-0.3, -0.25) is 4.79 Å². The molecule has 0 saturated heterocycles. The standard InChI is InChI=1S/C32H44N4O6S/c1-22-5-6-23(28(20-31(37)38)24-18-29(34)32(35-2)30(19-24)39-4)17-25(22)21-36(3)43-27-9-7-26(8-10-27)42-16-15-41-14-13-40-12-11-33/h5-10,17-19,28,35H,11-16,20-21,33-34H2,1-4H3,(H,37,38). The van der Waals surface area contributed by atoms with Crippen molar-refractivity contribution in [3.63, 3.8) is 0 Å². The molecule has 0 aromatic heterocycles. The summed E-state index contributed by atoms with van der Waals surface area (Å²) in [5.41, 5.74) is 16.8. The highest BCUT2D eigenvalue weighted by molar-refractivity contribution is 7.97. The van der Waals surface area contributed by atoms with Crippen LogP contribution in [0, 0.1) is 6.92 Å². The molecule has 0 fully saturated rings. The number of carboxylic acids is 1. The maximum absolute atomic E-state index is 11.9. The third-order valence-electron chi connectivity index (χ3n) is 6.79. The fraction of sp³-hybridized carbons (Fsp3) is 0.406. The smallest absolute Gasteiger partial charge is 0.304 e. The normalized spacial score (nSPS) is 11.9. The van der Waals surface area contributed by atoms with Gasteiger partial charge in [-0.05, 0) is 84.6 Å². The van der Waals surface area contributed by atoms with Crippen LogP contribution in [0.15, 0.2) is 59.5 Å². The molecule has 234 valence electrons. The molecule has 3 aromatic rings. The second kappa shape index (κ2) is 17.6. The van der Waals surface area contributed by atoms with Crippen molar-refractivity contribution in [3.8, 4) is 11.5 Å². The molecule has 0 saturated carbocycles. The Morgan fingerprint density at radius 2 is 1.70 bits per heavy atom. The summed E-state index contributed by atoms with van der Waals surface area (Å²) < 4.78 is 24.2. The van der Waals surface area contributed by atoms with Crippen LogP contribution in [-0.4, -0.2) is 76.2 Å². The first-order valence-corrected chi connectivity index (χ1v) is 15.0. The van der Waals surface area contributed by atoms with Gasteiger partial charge in [0.25, 0.3) is 0 Å². The topological polar surface area (TPSA) is 142 Å². The van der Waals surface area contributed by atoms with Crippen molar-refractivity contribution in [2.75, 3.05) is 71.8 Å². The summed E-state index contributed by atoms with van der Waals surface area (Å²) in [6.07, 6.45) is -0.0711. The Labute approximate surface area is 258 Å². The predicted octanol–water partition coefficient (Wildman–Crippen LogP) is 4.74. The van der Waals surface area contributed by atoms with Crippen LogP contribution in [0.3, 0.4) is 0 Å². The van der Waals surface area contributed by atoms with Crippen LogP contribution >= 0.6 is 11.9 Å². The monoisotopic (exact) mass is 612 g/mol. The Hall–Kier alpha value is -3.48. The summed E-state index contributed by atoms with van der Waals surface area (Å²) in [4.78, 5) is 13.0. The Bertz CT molecular complexity index is 1310. The minimum Gasteiger partial charge on any atom is -0.494 e. The molecule has 0 aliphatic rings. The molecule has 0 aliphatic carbocycles. The van der Waals surface area contributed by atoms with E-state index in [-0.39, 0.29) is 12.3 Å². The summed E-state index contributed by atoms with van der Waals surface area (Å²) in [7, 11) is 5.38. The lowest BCUT2D eigenvalue weighted by molar-refractivity contribution is -0.137. The molecule has 0 amide bonds. The minimum atomic E-state index is -0.886. The molecule has 11 heteroatoms. The quantitative estimate of drug-likeness (QED) is 0.0847. The molecule has 1 atom stereocenters. The summed E-state index contributed by atoms with van der Waals surface area (Å²) in [5.74, 6) is 0.0792. The van der Waals surface area contributed by atoms with Crippen LogP contribution in [0.5, 0.6) is 11.5 Å². The molecular weight excluding hydrogens is 568 g/mol. The van der Waals surface area contributed by atoms with E-state index in [1.807, 2.05) is 55.6 Å². The van der Waals surface area contributed by atoms with E-state index in [0.717, 1.165) is 32.9 Å². The van der Waals surface area contributed by atoms with E-state index in [4.69, 9.17) is 30.4 Å². The number of hydrogen-bond donors (Lipinski definition) is 4. The number of aliphatic carboxylic acids is 1. The first-order valence-electron chi connectivity index (χ1n) is 14.2. The van der Waals surface area contributed by atoms with E-state index in [1.54, 1.807) is 26.1 Å². The number of carboxylic acid groups (broad SMARTS) is 1. The lowest BCUT2D eigenvalue weighted by atomic mass is 9.86. The first-order chi connectivity index (χ1) is 20.7. The van der Waals surface area contributed by atoms with Crippen LogP contribution in [0.1, 0.15) is 34.6 Å². The maximum atomic E-state index is 11.9. The van der Waals surface area contributed by atoms with Gasteiger partial charge in [-0.15, -0.1) is 0 Å². The van der Waals surface area contributed by atoms with Crippen molar-refractivity contribution < 1.29 is 28.8 Å². The summed E-state index contributed by atoms with van der Waals surface area (Å²) in [6.45, 7) is 5.76. The average Bonchev–Trinajstić information content (AvgIpc) is 2.98. The first kappa shape index (κ1) is 34.0. The lowest BCUT2D eigenvalue weighted by Gasteiger charge is -2.22. The van der Waals surface area contributed by atoms with Crippen LogP contribution in [0.4, 0.5) is 11.4 Å². The second-order valence-corrected chi connectivity index (χ2v) is 11.3. The molecule has 0 spiro atoms. The van der Waals surface area contributed by atoms with E-state index in [0.29, 0.717) is 63.2 Å². The number of nitrogens with one attached hydrogen (secondary N) is 1. The highest BCUT2D eigenvalue weighted by Gasteiger charge is 2.22. The molecule has 0 aliphatic heterocycles. The van der Waals surface area contributed by atoms with Gasteiger partial charge in [0.1, 0.15) is 18.1 Å². The number of rotatable bonds is 19. The maximum Gasteiger partial charge on any atom is 0.304 e. The highest BCUT2D eigenvalue weighted by atomic mass is 32.2. The zero-order valence-corrected chi connectivity index (χ0v) is 26.2. The van der Waals surface area contributed by atoms with Gasteiger partial charge in [0.15, 0.2) is 0 Å². The van der Waals surface area contributed by atoms with Gasteiger partial charge >= 0.3 is 5.97 Å². The van der Waals surface area contributed by atoms with Crippen molar-refractivity contribution in [2.45, 2.75) is 30.7 Å². The largest absolute Gasteiger partial charge is 0.494 e. The van der Waals surface area contributed by atoms with E-state index in [2.05, 4.69) is 22.6 Å². The SMILES string of the molecule is CNc1c(N)cc(C(CC(=O)O)c2ccc(C)c(CN(C)Sc3ccc(OCCOCCOCCN)cc3)c2)cc1OC. The fourth-order valence-corrected chi connectivity index (χ4v) is 5.46. The van der Waals surface area contributed by atoms with Gasteiger partial charge < -0.3 is 40.8 Å². The number of nitrogens with zero attached hydrogens (tertiary/aromatic N) is 1. The Morgan fingerprint density at radius 3 is 2.35 bits per heavy atom. The van der Waals surface area contributed by atoms with Gasteiger partial charge in [0.05, 0.1) is 51.3 Å². The number of aryl methyl sites for hydroxylation is 1. The van der Waals surface area contributed by atoms with E-state index < -0.39 is 5.97 Å². The zero-order chi connectivity index (χ0) is 31.2. The van der Waals surface area contributed by atoms with Gasteiger partial charge in [-0.1, -0.05) is 18.2 Å². The molecule has 3 rings (SSSR count). The van der Waals surface area contributed by atoms with Gasteiger partial charge in [-0.25, -0.2) is 4.31 Å². The Balaban J connectivity index is 1.64. The van der Waals surface area contributed by atoms with Gasteiger partial charge in [0.2, 0.25) is 0 Å². The molecule has 0 bridgehead atoms. The van der Waals surface area contributed by atoms with Crippen molar-refractivity contribution >= 4 is 29.3 Å². The Morgan fingerprint density at radius 1 is 1.00 bits per heavy atom. The number of nitrogen functional groups attached to an aromatic ring is 1. The molecule has 6 N–H and O–H groups in total. The second-order valence-electron chi connectivity index (χ2n) is 9.98. The van der Waals surface area contributed by atoms with Crippen LogP contribution in [0.2, 0.25) is 0 Å². The number of carbonyl (C=O) groups is 1. The summed E-state index contributed by atoms with van der Waals surface area (Å²) >= 11 is 1.63. The van der Waals surface area contributed by atoms with Crippen LogP contribution in [0.25, 0.3) is 0 Å². The molecule has 0 heterocycles. The van der Waals surface area contributed by atoms with Crippen molar-refractivity contribution in [1.29, 1.82) is 0 Å². The number of ether oxygens (including phenoxy) is 4. The molecule has 3 aromatic carbocycles. The van der Waals surface area contributed by atoms with Crippen LogP contribution in [-0.2, 0) is 20.8 Å². The average molecular weight is 613 g/mol. The Kier molecular flexibility index (Phi) is 13.9. The van der Waals surface area contributed by atoms with Crippen molar-refractivity contribution in [1.82, 2.24) is 4.31 Å². The van der Waals surface area contributed by atoms with Crippen molar-refractivity contribution in [2.24, 2.45) is 5.73 Å². The van der Waals surface area contributed by atoms with E-state index in [1.165, 1.54) is 0 Å². The summed E-state index contributed by atoms with van der Waals surface area (Å²) in [5, 5.41) is 12.8. The molecule has 43 heavy (non-hydrogen) atoms. The number of methoxy groups -OCH3 is 1. The number of benzene rings is 3. The number of anilines is 2. The third-order valence-corrected chi connectivity index (χ3v) is 7.71. The molecule has 10 nitrogen and oxygen atoms in total. The number of nitrogens with two attached hydrogens (primary N) is 2. The highest BCUT2D eigenvalue weighted by Crippen LogP contribution is 2.38.